The van der Waals surface area contributed by atoms with Crippen LogP contribution in [0.2, 0.25) is 0 Å². The minimum atomic E-state index is -0.469. The maximum atomic E-state index is 12.1. The number of anilines is 1. The molecule has 7 nitrogen and oxygen atoms in total. The molecule has 1 aromatic carbocycles. The Morgan fingerprint density at radius 3 is 3.13 bits per heavy atom. The van der Waals surface area contributed by atoms with Gasteiger partial charge < -0.3 is 10.1 Å². The van der Waals surface area contributed by atoms with E-state index in [2.05, 4.69) is 10.2 Å². The Balaban J connectivity index is 1.51. The van der Waals surface area contributed by atoms with Crippen molar-refractivity contribution in [2.24, 2.45) is 0 Å². The van der Waals surface area contributed by atoms with Crippen LogP contribution in [-0.4, -0.2) is 47.6 Å². The second-order valence-electron chi connectivity index (χ2n) is 6.05. The highest BCUT2D eigenvalue weighted by atomic mass is 16.6. The fourth-order valence-corrected chi connectivity index (χ4v) is 3.45. The van der Waals surface area contributed by atoms with Crippen LogP contribution in [0.4, 0.5) is 11.4 Å². The zero-order chi connectivity index (χ0) is 16.2. The van der Waals surface area contributed by atoms with Crippen LogP contribution in [0.25, 0.3) is 0 Å². The quantitative estimate of drug-likeness (QED) is 0.664. The molecule has 1 amide bonds. The largest absolute Gasteiger partial charge is 0.375 e. The number of non-ortho nitro benzene ring substituents is 1. The first-order valence-corrected chi connectivity index (χ1v) is 8.03. The number of nitrogens with zero attached hydrogens (tertiary/aromatic N) is 2. The van der Waals surface area contributed by atoms with Crippen LogP contribution in [0.3, 0.4) is 0 Å². The molecule has 0 spiro atoms. The molecule has 1 saturated carbocycles. The number of carbonyl (C=O) groups is 1. The Morgan fingerprint density at radius 2 is 2.30 bits per heavy atom. The second kappa shape index (κ2) is 7.06. The van der Waals surface area contributed by atoms with E-state index >= 15 is 0 Å². The third-order valence-electron chi connectivity index (χ3n) is 4.56. The number of hydrogen-bond donors (Lipinski definition) is 1. The summed E-state index contributed by atoms with van der Waals surface area (Å²) >= 11 is 0. The summed E-state index contributed by atoms with van der Waals surface area (Å²) in [6.07, 6.45) is 4.14. The number of ether oxygens (including phenoxy) is 1. The maximum absolute atomic E-state index is 12.1. The Bertz CT molecular complexity index is 592. The molecule has 1 aliphatic carbocycles. The molecule has 1 N–H and O–H groups in total. The van der Waals surface area contributed by atoms with Gasteiger partial charge in [0, 0.05) is 43.4 Å². The molecule has 0 aromatic heterocycles. The van der Waals surface area contributed by atoms with Gasteiger partial charge in [0.1, 0.15) is 0 Å². The average Bonchev–Trinajstić information content (AvgIpc) is 3.02. The molecular weight excluding hydrogens is 298 g/mol. The first-order chi connectivity index (χ1) is 11.1. The van der Waals surface area contributed by atoms with Crippen molar-refractivity contribution in [3.05, 3.63) is 34.4 Å². The number of benzene rings is 1. The number of nitro groups is 1. The first kappa shape index (κ1) is 15.9. The minimum Gasteiger partial charge on any atom is -0.375 e. The lowest BCUT2D eigenvalue weighted by Gasteiger charge is -2.37. The van der Waals surface area contributed by atoms with Crippen molar-refractivity contribution in [1.29, 1.82) is 0 Å². The number of morpholine rings is 1. The highest BCUT2D eigenvalue weighted by molar-refractivity contribution is 5.91. The Kier molecular flexibility index (Phi) is 4.88. The zero-order valence-electron chi connectivity index (χ0n) is 12.9. The summed E-state index contributed by atoms with van der Waals surface area (Å²) in [7, 11) is 0. The van der Waals surface area contributed by atoms with Crippen molar-refractivity contribution < 1.29 is 14.5 Å². The first-order valence-electron chi connectivity index (χ1n) is 8.03. The number of nitrogens with one attached hydrogen (secondary N) is 1. The highest BCUT2D eigenvalue weighted by Crippen LogP contribution is 2.29. The summed E-state index contributed by atoms with van der Waals surface area (Å²) in [5.41, 5.74) is 0.440. The standard InChI is InChI=1S/C16H21N3O4/c20-16(17-12-3-1-4-13(11-12)19(21)22)7-8-18-9-10-23-15-6-2-5-14(15)18/h1,3-4,11,14-15H,2,5-10H2,(H,17,20)/t14-,15+/m0/s1. The smallest absolute Gasteiger partial charge is 0.271 e. The molecule has 7 heteroatoms. The molecule has 1 aromatic rings. The van der Waals surface area contributed by atoms with Crippen LogP contribution in [0.1, 0.15) is 25.7 Å². The van der Waals surface area contributed by atoms with Gasteiger partial charge in [0.2, 0.25) is 5.91 Å². The lowest BCUT2D eigenvalue weighted by Crippen LogP contribution is -2.49. The fourth-order valence-electron chi connectivity index (χ4n) is 3.45. The molecule has 1 saturated heterocycles. The van der Waals surface area contributed by atoms with Crippen molar-refractivity contribution in [2.45, 2.75) is 37.8 Å². The molecule has 0 bridgehead atoms. The van der Waals surface area contributed by atoms with Crippen LogP contribution in [0.15, 0.2) is 24.3 Å². The van der Waals surface area contributed by atoms with Gasteiger partial charge in [-0.25, -0.2) is 0 Å². The van der Waals surface area contributed by atoms with Gasteiger partial charge >= 0.3 is 0 Å². The predicted molar refractivity (Wildman–Crippen MR) is 85.3 cm³/mol. The zero-order valence-corrected chi connectivity index (χ0v) is 12.9. The second-order valence-corrected chi connectivity index (χ2v) is 6.05. The van der Waals surface area contributed by atoms with E-state index in [1.165, 1.54) is 18.6 Å². The van der Waals surface area contributed by atoms with Gasteiger partial charge in [0.25, 0.3) is 5.69 Å². The Hall–Kier alpha value is -1.99. The summed E-state index contributed by atoms with van der Waals surface area (Å²) in [5, 5.41) is 13.5. The summed E-state index contributed by atoms with van der Waals surface area (Å²) in [4.78, 5) is 24.7. The highest BCUT2D eigenvalue weighted by Gasteiger charge is 2.35. The predicted octanol–water partition coefficient (Wildman–Crippen LogP) is 2.18. The number of carbonyl (C=O) groups excluding carboxylic acids is 1. The fraction of sp³-hybridized carbons (Fsp3) is 0.562. The van der Waals surface area contributed by atoms with Crippen LogP contribution in [0, 0.1) is 10.1 Å². The van der Waals surface area contributed by atoms with Crippen LogP contribution in [-0.2, 0) is 9.53 Å². The van der Waals surface area contributed by atoms with E-state index < -0.39 is 4.92 Å². The molecule has 1 aliphatic heterocycles. The summed E-state index contributed by atoms with van der Waals surface area (Å²) in [6.45, 7) is 2.30. The Labute approximate surface area is 134 Å². The summed E-state index contributed by atoms with van der Waals surface area (Å²) < 4.78 is 5.76. The molecule has 2 fully saturated rings. The van der Waals surface area contributed by atoms with E-state index in [4.69, 9.17) is 4.74 Å². The molecule has 2 atom stereocenters. The topological polar surface area (TPSA) is 84.7 Å². The van der Waals surface area contributed by atoms with E-state index in [9.17, 15) is 14.9 Å². The van der Waals surface area contributed by atoms with Gasteiger partial charge in [-0.2, -0.15) is 0 Å². The number of rotatable bonds is 5. The molecule has 1 heterocycles. The molecule has 0 radical (unpaired) electrons. The van der Waals surface area contributed by atoms with E-state index in [-0.39, 0.29) is 11.6 Å². The SMILES string of the molecule is O=C(CCN1CCO[C@@H]2CCC[C@@H]21)Nc1cccc([N+](=O)[O-])c1. The van der Waals surface area contributed by atoms with Gasteiger partial charge in [0.15, 0.2) is 0 Å². The number of fused-ring (bicyclic) bond motifs is 1. The molecule has 23 heavy (non-hydrogen) atoms. The van der Waals surface area contributed by atoms with Crippen molar-refractivity contribution in [3.63, 3.8) is 0 Å². The van der Waals surface area contributed by atoms with E-state index in [0.29, 0.717) is 30.8 Å². The van der Waals surface area contributed by atoms with Crippen molar-refractivity contribution in [2.75, 3.05) is 25.0 Å². The number of nitro benzene ring substituents is 1. The molecule has 124 valence electrons. The monoisotopic (exact) mass is 319 g/mol. The minimum absolute atomic E-state index is 0.0234. The summed E-state index contributed by atoms with van der Waals surface area (Å²) in [6, 6.07) is 6.45. The van der Waals surface area contributed by atoms with Gasteiger partial charge in [-0.15, -0.1) is 0 Å². The van der Waals surface area contributed by atoms with Crippen molar-refractivity contribution in [1.82, 2.24) is 4.90 Å². The average molecular weight is 319 g/mol. The van der Waals surface area contributed by atoms with E-state index in [1.807, 2.05) is 0 Å². The maximum Gasteiger partial charge on any atom is 0.271 e. The van der Waals surface area contributed by atoms with Gasteiger partial charge in [-0.05, 0) is 25.3 Å². The van der Waals surface area contributed by atoms with Crippen molar-refractivity contribution in [3.8, 4) is 0 Å². The van der Waals surface area contributed by atoms with E-state index in [0.717, 1.165) is 26.0 Å². The molecule has 0 unspecified atom stereocenters. The Morgan fingerprint density at radius 1 is 1.43 bits per heavy atom. The van der Waals surface area contributed by atoms with Crippen LogP contribution in [0.5, 0.6) is 0 Å². The lowest BCUT2D eigenvalue weighted by atomic mass is 10.1. The summed E-state index contributed by atoms with van der Waals surface area (Å²) in [5.74, 6) is -0.119. The van der Waals surface area contributed by atoms with Crippen LogP contribution >= 0.6 is 0 Å². The molecule has 2 aliphatic rings. The van der Waals surface area contributed by atoms with Gasteiger partial charge in [-0.3, -0.25) is 19.8 Å². The van der Waals surface area contributed by atoms with Crippen LogP contribution < -0.4 is 5.32 Å². The number of hydrogen-bond acceptors (Lipinski definition) is 5. The molecule has 3 rings (SSSR count). The molecular formula is C16H21N3O4. The van der Waals surface area contributed by atoms with Gasteiger partial charge in [-0.1, -0.05) is 6.07 Å². The normalized spacial score (nSPS) is 24.2. The van der Waals surface area contributed by atoms with Crippen molar-refractivity contribution >= 4 is 17.3 Å². The van der Waals surface area contributed by atoms with Gasteiger partial charge in [0.05, 0.1) is 17.6 Å². The number of amides is 1. The van der Waals surface area contributed by atoms with E-state index in [1.54, 1.807) is 12.1 Å². The third kappa shape index (κ3) is 3.86. The third-order valence-corrected chi connectivity index (χ3v) is 4.56. The lowest BCUT2D eigenvalue weighted by molar-refractivity contribution is -0.384.